The normalized spacial score (nSPS) is 12.1. The van der Waals surface area contributed by atoms with E-state index >= 15 is 0 Å². The number of aliphatic carboxylic acids is 1. The van der Waals surface area contributed by atoms with Gasteiger partial charge in [-0.2, -0.15) is 0 Å². The average molecular weight is 357 g/mol. The van der Waals surface area contributed by atoms with E-state index in [2.05, 4.69) is 5.32 Å². The van der Waals surface area contributed by atoms with Crippen LogP contribution in [-0.2, 0) is 20.6 Å². The third-order valence-electron chi connectivity index (χ3n) is 2.79. The summed E-state index contributed by atoms with van der Waals surface area (Å²) in [6.45, 7) is -0.0688. The molecule has 0 aliphatic carbocycles. The first-order valence-corrected chi connectivity index (χ1v) is 8.15. The van der Waals surface area contributed by atoms with E-state index in [1.54, 1.807) is 30.3 Å². The first-order chi connectivity index (χ1) is 9.78. The zero-order valence-corrected chi connectivity index (χ0v) is 15.1. The molecule has 0 saturated heterocycles. The summed E-state index contributed by atoms with van der Waals surface area (Å²) in [6, 6.07) is 8.86. The first kappa shape index (κ1) is 21.6. The molecule has 1 aromatic carbocycles. The Morgan fingerprint density at radius 3 is 2.32 bits per heavy atom. The van der Waals surface area contributed by atoms with Crippen molar-refractivity contribution in [1.29, 1.82) is 0 Å². The van der Waals surface area contributed by atoms with Gasteiger partial charge in [0.1, 0.15) is 0 Å². The second kappa shape index (κ2) is 10.4. The van der Waals surface area contributed by atoms with Gasteiger partial charge in [-0.15, -0.1) is 0 Å². The number of hydrogen-bond acceptors (Lipinski definition) is 3. The standard InChI is InChI=1S/C13H18NO6P.Ca.2H/c15-12(16)6-7-14-13(17)11(9-21(18,19)20)8-10-4-2-1-3-5-10;;;/h1-5,11H,6-9H2,(H,14,17)(H,15,16)(H2,18,19,20);;;/q;+2;2*-1/t11-;;;/m1.../s1. The van der Waals surface area contributed by atoms with Crippen molar-refractivity contribution in [2.75, 3.05) is 12.7 Å². The molecule has 0 heterocycles. The van der Waals surface area contributed by atoms with Crippen LogP contribution < -0.4 is 5.32 Å². The Labute approximate surface area is 161 Å². The molecule has 0 unspecified atom stereocenters. The van der Waals surface area contributed by atoms with Crippen molar-refractivity contribution >= 4 is 57.2 Å². The van der Waals surface area contributed by atoms with Gasteiger partial charge in [-0.1, -0.05) is 30.3 Å². The van der Waals surface area contributed by atoms with E-state index < -0.39 is 31.6 Å². The number of carbonyl (C=O) groups is 2. The molecule has 0 aliphatic heterocycles. The van der Waals surface area contributed by atoms with Crippen molar-refractivity contribution in [2.24, 2.45) is 5.92 Å². The molecule has 1 atom stereocenters. The summed E-state index contributed by atoms with van der Waals surface area (Å²) in [6.07, 6.45) is -0.620. The van der Waals surface area contributed by atoms with Crippen molar-refractivity contribution in [3.8, 4) is 0 Å². The van der Waals surface area contributed by atoms with Crippen LogP contribution in [0.15, 0.2) is 30.3 Å². The van der Waals surface area contributed by atoms with Gasteiger partial charge in [0.2, 0.25) is 5.91 Å². The van der Waals surface area contributed by atoms with Crippen LogP contribution in [0.2, 0.25) is 0 Å². The Bertz CT molecular complexity index is 543. The fourth-order valence-corrected chi connectivity index (χ4v) is 2.73. The van der Waals surface area contributed by atoms with Gasteiger partial charge in [0, 0.05) is 6.54 Å². The number of amides is 1. The Balaban J connectivity index is -0.00000147. The van der Waals surface area contributed by atoms with Crippen LogP contribution in [0.3, 0.4) is 0 Å². The number of nitrogens with one attached hydrogen (secondary N) is 1. The summed E-state index contributed by atoms with van der Waals surface area (Å²) in [5, 5.41) is 10.9. The number of carboxylic acid groups (broad SMARTS) is 1. The molecule has 1 rings (SSSR count). The molecule has 0 radical (unpaired) electrons. The molecule has 0 aromatic heterocycles. The molecule has 4 N–H and O–H groups in total. The number of hydrogen-bond donors (Lipinski definition) is 4. The van der Waals surface area contributed by atoms with Crippen LogP contribution in [0.25, 0.3) is 0 Å². The summed E-state index contributed by atoms with van der Waals surface area (Å²) in [5.41, 5.74) is 0.782. The maximum absolute atomic E-state index is 12.0. The Morgan fingerprint density at radius 2 is 1.82 bits per heavy atom. The SMILES string of the molecule is O=C(O)CCNC(=O)[C@H](Cc1ccccc1)CP(=O)(O)O.[Ca+2].[H-].[H-]. The topological polar surface area (TPSA) is 124 Å². The maximum Gasteiger partial charge on any atom is 2.00 e. The Morgan fingerprint density at radius 1 is 1.23 bits per heavy atom. The quantitative estimate of drug-likeness (QED) is 0.396. The van der Waals surface area contributed by atoms with E-state index in [0.29, 0.717) is 0 Å². The van der Waals surface area contributed by atoms with Crippen molar-refractivity contribution in [2.45, 2.75) is 12.8 Å². The minimum atomic E-state index is -4.34. The molecule has 0 spiro atoms. The monoisotopic (exact) mass is 357 g/mol. The molecule has 7 nitrogen and oxygen atoms in total. The van der Waals surface area contributed by atoms with E-state index in [1.165, 1.54) is 0 Å². The van der Waals surface area contributed by atoms with Crippen molar-refractivity contribution in [3.05, 3.63) is 35.9 Å². The molecule has 0 fully saturated rings. The summed E-state index contributed by atoms with van der Waals surface area (Å²) in [7, 11) is -4.34. The fraction of sp³-hybridized carbons (Fsp3) is 0.385. The molecule has 120 valence electrons. The van der Waals surface area contributed by atoms with Crippen LogP contribution in [-0.4, -0.2) is 77.2 Å². The third-order valence-corrected chi connectivity index (χ3v) is 3.71. The molecule has 1 aromatic rings. The fourth-order valence-electron chi connectivity index (χ4n) is 1.86. The van der Waals surface area contributed by atoms with Gasteiger partial charge in [-0.3, -0.25) is 14.2 Å². The van der Waals surface area contributed by atoms with Crippen LogP contribution in [0.5, 0.6) is 0 Å². The molecule has 0 bridgehead atoms. The van der Waals surface area contributed by atoms with E-state index in [1.807, 2.05) is 0 Å². The summed E-state index contributed by atoms with van der Waals surface area (Å²) >= 11 is 0. The number of benzene rings is 1. The van der Waals surface area contributed by atoms with Crippen LogP contribution >= 0.6 is 7.60 Å². The Hall–Kier alpha value is -0.430. The summed E-state index contributed by atoms with van der Waals surface area (Å²) in [5.74, 6) is -2.50. The van der Waals surface area contributed by atoms with Crippen LogP contribution in [0, 0.1) is 5.92 Å². The molecule has 0 aliphatic rings. The predicted molar refractivity (Wildman–Crippen MR) is 83.8 cm³/mol. The van der Waals surface area contributed by atoms with Crippen molar-refractivity contribution in [3.63, 3.8) is 0 Å². The van der Waals surface area contributed by atoms with E-state index in [9.17, 15) is 14.2 Å². The van der Waals surface area contributed by atoms with Crippen molar-refractivity contribution in [1.82, 2.24) is 5.32 Å². The van der Waals surface area contributed by atoms with E-state index in [4.69, 9.17) is 14.9 Å². The maximum atomic E-state index is 12.0. The second-order valence-corrected chi connectivity index (χ2v) is 6.36. The third kappa shape index (κ3) is 9.56. The molecular weight excluding hydrogens is 337 g/mol. The minimum Gasteiger partial charge on any atom is -1.00 e. The number of carboxylic acids is 1. The van der Waals surface area contributed by atoms with Crippen LogP contribution in [0.4, 0.5) is 0 Å². The van der Waals surface area contributed by atoms with Gasteiger partial charge in [-0.25, -0.2) is 0 Å². The molecule has 0 saturated carbocycles. The summed E-state index contributed by atoms with van der Waals surface area (Å²) < 4.78 is 11.1. The smallest absolute Gasteiger partial charge is 1.00 e. The van der Waals surface area contributed by atoms with Gasteiger partial charge in [0.15, 0.2) is 0 Å². The largest absolute Gasteiger partial charge is 2.00 e. The zero-order valence-electron chi connectivity index (χ0n) is 14.0. The molecule has 22 heavy (non-hydrogen) atoms. The molecule has 9 heteroatoms. The van der Waals surface area contributed by atoms with Gasteiger partial charge in [-0.05, 0) is 12.0 Å². The van der Waals surface area contributed by atoms with E-state index in [-0.39, 0.29) is 60.0 Å². The van der Waals surface area contributed by atoms with E-state index in [0.717, 1.165) is 5.56 Å². The second-order valence-electron chi connectivity index (χ2n) is 4.67. The molecule has 1 amide bonds. The zero-order chi connectivity index (χ0) is 15.9. The van der Waals surface area contributed by atoms with Gasteiger partial charge in [0.05, 0.1) is 18.5 Å². The molecular formula is C13H20CaNO6P. The number of carbonyl (C=O) groups excluding carboxylic acids is 1. The predicted octanol–water partition coefficient (Wildman–Crippen LogP) is 0.458. The first-order valence-electron chi connectivity index (χ1n) is 6.36. The average Bonchev–Trinajstić information content (AvgIpc) is 2.37. The number of rotatable bonds is 8. The minimum absolute atomic E-state index is 0. The van der Waals surface area contributed by atoms with Crippen LogP contribution in [0.1, 0.15) is 14.8 Å². The van der Waals surface area contributed by atoms with Crippen molar-refractivity contribution < 1.29 is 31.9 Å². The van der Waals surface area contributed by atoms with Gasteiger partial charge >= 0.3 is 51.3 Å². The van der Waals surface area contributed by atoms with Gasteiger partial charge < -0.3 is 23.1 Å². The summed E-state index contributed by atoms with van der Waals surface area (Å²) in [4.78, 5) is 40.5. The van der Waals surface area contributed by atoms with Gasteiger partial charge in [0.25, 0.3) is 0 Å². The Kier molecular flexibility index (Phi) is 10.2.